The maximum atomic E-state index is 4.45. The SMILES string of the molecule is Cn1c(N=NCc2ccccc2)nc2ccccc21. The molecular formula is C15H14N4. The number of aryl methyl sites for hydroxylation is 1. The number of imidazole rings is 1. The van der Waals surface area contributed by atoms with Gasteiger partial charge in [0.2, 0.25) is 5.95 Å². The quantitative estimate of drug-likeness (QED) is 0.651. The molecule has 1 aromatic heterocycles. The van der Waals surface area contributed by atoms with E-state index in [9.17, 15) is 0 Å². The van der Waals surface area contributed by atoms with Crippen molar-refractivity contribution in [3.05, 3.63) is 60.2 Å². The fourth-order valence-electron chi connectivity index (χ4n) is 1.99. The van der Waals surface area contributed by atoms with Gasteiger partial charge >= 0.3 is 0 Å². The third kappa shape index (κ3) is 2.38. The van der Waals surface area contributed by atoms with Crippen LogP contribution in [0.15, 0.2) is 64.8 Å². The van der Waals surface area contributed by atoms with Gasteiger partial charge in [-0.2, -0.15) is 5.11 Å². The lowest BCUT2D eigenvalue weighted by atomic mass is 10.2. The molecule has 0 saturated carbocycles. The van der Waals surface area contributed by atoms with Crippen molar-refractivity contribution >= 4 is 17.0 Å². The van der Waals surface area contributed by atoms with Gasteiger partial charge in [-0.15, -0.1) is 5.11 Å². The summed E-state index contributed by atoms with van der Waals surface area (Å²) in [5.41, 5.74) is 3.15. The predicted molar refractivity (Wildman–Crippen MR) is 75.4 cm³/mol. The monoisotopic (exact) mass is 250 g/mol. The van der Waals surface area contributed by atoms with E-state index in [0.29, 0.717) is 12.5 Å². The predicted octanol–water partition coefficient (Wildman–Crippen LogP) is 3.86. The van der Waals surface area contributed by atoms with Crippen molar-refractivity contribution in [2.24, 2.45) is 17.3 Å². The lowest BCUT2D eigenvalue weighted by Gasteiger charge is -1.96. The van der Waals surface area contributed by atoms with Crippen molar-refractivity contribution in [3.8, 4) is 0 Å². The van der Waals surface area contributed by atoms with Crippen LogP contribution in [0.3, 0.4) is 0 Å². The minimum absolute atomic E-state index is 0.573. The largest absolute Gasteiger partial charge is 0.310 e. The van der Waals surface area contributed by atoms with E-state index in [1.54, 1.807) is 0 Å². The van der Waals surface area contributed by atoms with Crippen molar-refractivity contribution in [2.45, 2.75) is 6.54 Å². The molecule has 0 aliphatic heterocycles. The minimum Gasteiger partial charge on any atom is -0.310 e. The van der Waals surface area contributed by atoms with Crippen molar-refractivity contribution in [2.75, 3.05) is 0 Å². The zero-order valence-corrected chi connectivity index (χ0v) is 10.7. The van der Waals surface area contributed by atoms with Crippen LogP contribution < -0.4 is 0 Å². The van der Waals surface area contributed by atoms with Gasteiger partial charge in [0.1, 0.15) is 0 Å². The van der Waals surface area contributed by atoms with Crippen LogP contribution in [0.4, 0.5) is 5.95 Å². The molecule has 94 valence electrons. The zero-order valence-electron chi connectivity index (χ0n) is 10.7. The Labute approximate surface area is 111 Å². The number of nitrogens with zero attached hydrogens (tertiary/aromatic N) is 4. The van der Waals surface area contributed by atoms with Crippen LogP contribution in [0.2, 0.25) is 0 Å². The zero-order chi connectivity index (χ0) is 13.1. The maximum Gasteiger partial charge on any atom is 0.249 e. The van der Waals surface area contributed by atoms with E-state index in [2.05, 4.69) is 15.2 Å². The molecule has 3 aromatic rings. The summed E-state index contributed by atoms with van der Waals surface area (Å²) >= 11 is 0. The van der Waals surface area contributed by atoms with E-state index in [-0.39, 0.29) is 0 Å². The number of hydrogen-bond acceptors (Lipinski definition) is 3. The van der Waals surface area contributed by atoms with Gasteiger partial charge in [0.05, 0.1) is 17.6 Å². The number of rotatable bonds is 3. The van der Waals surface area contributed by atoms with Gasteiger partial charge in [0.25, 0.3) is 0 Å². The summed E-state index contributed by atoms with van der Waals surface area (Å²) in [5, 5.41) is 8.42. The fraction of sp³-hybridized carbons (Fsp3) is 0.133. The Morgan fingerprint density at radius 2 is 1.74 bits per heavy atom. The summed E-state index contributed by atoms with van der Waals surface area (Å²) in [4.78, 5) is 4.45. The second-order valence-corrected chi connectivity index (χ2v) is 4.34. The highest BCUT2D eigenvalue weighted by molar-refractivity contribution is 5.77. The van der Waals surface area contributed by atoms with Gasteiger partial charge in [0, 0.05) is 7.05 Å². The Bertz CT molecular complexity index is 713. The molecule has 2 aromatic carbocycles. The number of azo groups is 1. The normalized spacial score (nSPS) is 11.4. The average Bonchev–Trinajstić information content (AvgIpc) is 2.78. The third-order valence-electron chi connectivity index (χ3n) is 3.02. The molecule has 0 aliphatic carbocycles. The molecule has 0 radical (unpaired) electrons. The minimum atomic E-state index is 0.573. The second-order valence-electron chi connectivity index (χ2n) is 4.34. The smallest absolute Gasteiger partial charge is 0.249 e. The van der Waals surface area contributed by atoms with Crippen LogP contribution in [0.1, 0.15) is 5.56 Å². The van der Waals surface area contributed by atoms with E-state index in [1.165, 1.54) is 0 Å². The molecule has 0 aliphatic rings. The van der Waals surface area contributed by atoms with Crippen LogP contribution in [0.25, 0.3) is 11.0 Å². The summed E-state index contributed by atoms with van der Waals surface area (Å²) in [6, 6.07) is 18.0. The Kier molecular flexibility index (Phi) is 3.06. The Balaban J connectivity index is 1.83. The third-order valence-corrected chi connectivity index (χ3v) is 3.02. The summed E-state index contributed by atoms with van der Waals surface area (Å²) in [6.45, 7) is 0.573. The van der Waals surface area contributed by atoms with Gasteiger partial charge < -0.3 is 4.57 Å². The van der Waals surface area contributed by atoms with Crippen molar-refractivity contribution in [1.29, 1.82) is 0 Å². The first-order valence-electron chi connectivity index (χ1n) is 6.17. The molecule has 4 nitrogen and oxygen atoms in total. The topological polar surface area (TPSA) is 42.5 Å². The van der Waals surface area contributed by atoms with Gasteiger partial charge in [-0.25, -0.2) is 4.98 Å². The van der Waals surface area contributed by atoms with Crippen LogP contribution in [0.5, 0.6) is 0 Å². The first-order chi connectivity index (χ1) is 9.34. The van der Waals surface area contributed by atoms with Crippen LogP contribution in [-0.2, 0) is 13.6 Å². The summed E-state index contributed by atoms with van der Waals surface area (Å²) in [6.07, 6.45) is 0. The highest BCUT2D eigenvalue weighted by Gasteiger charge is 2.05. The summed E-state index contributed by atoms with van der Waals surface area (Å²) in [5.74, 6) is 0.636. The molecular weight excluding hydrogens is 236 g/mol. The lowest BCUT2D eigenvalue weighted by Crippen LogP contribution is -1.86. The lowest BCUT2D eigenvalue weighted by molar-refractivity contribution is 0.875. The van der Waals surface area contributed by atoms with Crippen LogP contribution in [-0.4, -0.2) is 9.55 Å². The van der Waals surface area contributed by atoms with Crippen molar-refractivity contribution < 1.29 is 0 Å². The Morgan fingerprint density at radius 1 is 1.00 bits per heavy atom. The molecule has 3 rings (SSSR count). The van der Waals surface area contributed by atoms with Gasteiger partial charge in [-0.3, -0.25) is 0 Å². The molecule has 0 bridgehead atoms. The van der Waals surface area contributed by atoms with Crippen molar-refractivity contribution in [3.63, 3.8) is 0 Å². The van der Waals surface area contributed by atoms with E-state index in [4.69, 9.17) is 0 Å². The summed E-state index contributed by atoms with van der Waals surface area (Å²) in [7, 11) is 1.95. The molecule has 4 heteroatoms. The highest BCUT2D eigenvalue weighted by Crippen LogP contribution is 2.20. The molecule has 0 amide bonds. The maximum absolute atomic E-state index is 4.45. The molecule has 19 heavy (non-hydrogen) atoms. The number of fused-ring (bicyclic) bond motifs is 1. The summed E-state index contributed by atoms with van der Waals surface area (Å²) < 4.78 is 1.95. The van der Waals surface area contributed by atoms with Gasteiger partial charge in [-0.1, -0.05) is 42.5 Å². The standard InChI is InChI=1S/C15H14N4/c1-19-14-10-6-5-9-13(14)17-15(19)18-16-11-12-7-3-2-4-8-12/h2-10H,11H2,1H3. The molecule has 0 N–H and O–H groups in total. The van der Waals surface area contributed by atoms with Gasteiger partial charge in [-0.05, 0) is 17.7 Å². The molecule has 0 atom stereocenters. The molecule has 1 heterocycles. The van der Waals surface area contributed by atoms with Gasteiger partial charge in [0.15, 0.2) is 0 Å². The Morgan fingerprint density at radius 3 is 2.53 bits per heavy atom. The van der Waals surface area contributed by atoms with E-state index in [0.717, 1.165) is 16.6 Å². The number of para-hydroxylation sites is 2. The molecule has 0 spiro atoms. The first kappa shape index (κ1) is 11.6. The Hall–Kier alpha value is -2.49. The number of benzene rings is 2. The van der Waals surface area contributed by atoms with Crippen LogP contribution in [0, 0.1) is 0 Å². The molecule has 0 saturated heterocycles. The van der Waals surface area contributed by atoms with E-state index < -0.39 is 0 Å². The van der Waals surface area contributed by atoms with Crippen molar-refractivity contribution in [1.82, 2.24) is 9.55 Å². The average molecular weight is 250 g/mol. The van der Waals surface area contributed by atoms with E-state index in [1.807, 2.05) is 66.2 Å². The first-order valence-corrected chi connectivity index (χ1v) is 6.17. The highest BCUT2D eigenvalue weighted by atomic mass is 15.3. The van der Waals surface area contributed by atoms with Crippen LogP contribution >= 0.6 is 0 Å². The number of aromatic nitrogens is 2. The number of hydrogen-bond donors (Lipinski definition) is 0. The fourth-order valence-corrected chi connectivity index (χ4v) is 1.99. The molecule has 0 fully saturated rings. The second kappa shape index (κ2) is 5.02. The van der Waals surface area contributed by atoms with E-state index >= 15 is 0 Å². The molecule has 0 unspecified atom stereocenters.